The Morgan fingerprint density at radius 1 is 1.09 bits per heavy atom. The molecule has 0 bridgehead atoms. The fourth-order valence-corrected chi connectivity index (χ4v) is 3.55. The number of rotatable bonds is 6. The molecular formula is C23H19ClF3N5O2. The number of carbonyl (C=O) groups is 1. The summed E-state index contributed by atoms with van der Waals surface area (Å²) >= 11 is 6.06. The molecule has 4 aromatic rings. The average molecular weight is 490 g/mol. The van der Waals surface area contributed by atoms with Crippen molar-refractivity contribution >= 4 is 34.5 Å². The average Bonchev–Trinajstić information content (AvgIpc) is 3.19. The molecule has 0 saturated heterocycles. The second-order valence-electron chi connectivity index (χ2n) is 7.40. The molecule has 1 amide bonds. The van der Waals surface area contributed by atoms with Crippen LogP contribution in [0.2, 0.25) is 5.02 Å². The smallest absolute Gasteiger partial charge is 0.433 e. The van der Waals surface area contributed by atoms with Crippen LogP contribution in [0.3, 0.4) is 0 Å². The zero-order valence-corrected chi connectivity index (χ0v) is 18.7. The van der Waals surface area contributed by atoms with E-state index in [0.717, 1.165) is 34.4 Å². The van der Waals surface area contributed by atoms with Gasteiger partial charge >= 0.3 is 12.3 Å². The van der Waals surface area contributed by atoms with Crippen LogP contribution >= 0.6 is 11.6 Å². The van der Waals surface area contributed by atoms with Gasteiger partial charge in [-0.25, -0.2) is 14.8 Å². The standard InChI is InChI=1S/C23H19ClF3N5O2/c1-2-34-22(33)32(13-15-3-5-19(28-10-15)23(25,26)27)20-6-4-14(9-29-20)7-16-11-30-21-18(16)8-17(24)12-31-21/h3-6,8-12H,2,7,13H2,1H3,(H,30,31). The SMILES string of the molecule is CCOC(=O)N(Cc1ccc(C(F)(F)F)nc1)c1ccc(Cc2c[nH]c3ncc(Cl)cc23)cn1. The van der Waals surface area contributed by atoms with Crippen LogP contribution in [-0.2, 0) is 23.9 Å². The third-order valence-corrected chi connectivity index (χ3v) is 5.21. The number of halogens is 4. The van der Waals surface area contributed by atoms with E-state index in [1.165, 1.54) is 11.0 Å². The van der Waals surface area contributed by atoms with Crippen molar-refractivity contribution in [3.05, 3.63) is 82.5 Å². The number of fused-ring (bicyclic) bond motifs is 1. The third-order valence-electron chi connectivity index (χ3n) is 5.01. The van der Waals surface area contributed by atoms with Crippen LogP contribution in [0.15, 0.2) is 55.1 Å². The Hall–Kier alpha value is -3.66. The van der Waals surface area contributed by atoms with Crippen molar-refractivity contribution in [3.8, 4) is 0 Å². The molecule has 4 rings (SSSR count). The second-order valence-corrected chi connectivity index (χ2v) is 7.84. The van der Waals surface area contributed by atoms with Gasteiger partial charge in [0.2, 0.25) is 0 Å². The molecule has 11 heteroatoms. The van der Waals surface area contributed by atoms with Crippen molar-refractivity contribution < 1.29 is 22.7 Å². The zero-order chi connectivity index (χ0) is 24.3. The number of ether oxygens (including phenoxy) is 1. The van der Waals surface area contributed by atoms with Gasteiger partial charge < -0.3 is 9.72 Å². The Labute approximate surface area is 197 Å². The van der Waals surface area contributed by atoms with Gasteiger partial charge in [0.25, 0.3) is 0 Å². The van der Waals surface area contributed by atoms with Crippen molar-refractivity contribution in [1.82, 2.24) is 19.9 Å². The molecule has 0 aliphatic rings. The molecule has 34 heavy (non-hydrogen) atoms. The highest BCUT2D eigenvalue weighted by Gasteiger charge is 2.32. The van der Waals surface area contributed by atoms with E-state index in [1.807, 2.05) is 18.3 Å². The Balaban J connectivity index is 1.55. The van der Waals surface area contributed by atoms with Crippen LogP contribution in [0, 0.1) is 0 Å². The van der Waals surface area contributed by atoms with Gasteiger partial charge in [-0.1, -0.05) is 23.7 Å². The normalized spacial score (nSPS) is 11.6. The van der Waals surface area contributed by atoms with Gasteiger partial charge in [0, 0.05) is 36.6 Å². The topological polar surface area (TPSA) is 84.0 Å². The number of H-pyrrole nitrogens is 1. The summed E-state index contributed by atoms with van der Waals surface area (Å²) in [4.78, 5) is 29.0. The van der Waals surface area contributed by atoms with E-state index in [2.05, 4.69) is 19.9 Å². The minimum Gasteiger partial charge on any atom is -0.449 e. The number of alkyl halides is 3. The number of anilines is 1. The largest absolute Gasteiger partial charge is 0.449 e. The van der Waals surface area contributed by atoms with Crippen LogP contribution in [-0.4, -0.2) is 32.6 Å². The molecule has 0 spiro atoms. The lowest BCUT2D eigenvalue weighted by Gasteiger charge is -2.21. The molecule has 4 heterocycles. The van der Waals surface area contributed by atoms with Crippen molar-refractivity contribution in [2.75, 3.05) is 11.5 Å². The van der Waals surface area contributed by atoms with Gasteiger partial charge in [-0.3, -0.25) is 9.88 Å². The van der Waals surface area contributed by atoms with Gasteiger partial charge in [0.05, 0.1) is 18.2 Å². The maximum absolute atomic E-state index is 12.8. The number of amides is 1. The van der Waals surface area contributed by atoms with E-state index < -0.39 is 18.0 Å². The van der Waals surface area contributed by atoms with E-state index in [1.54, 1.807) is 25.4 Å². The highest BCUT2D eigenvalue weighted by molar-refractivity contribution is 6.31. The summed E-state index contributed by atoms with van der Waals surface area (Å²) in [6.45, 7) is 1.74. The second kappa shape index (κ2) is 9.68. The lowest BCUT2D eigenvalue weighted by molar-refractivity contribution is -0.141. The number of nitrogens with zero attached hydrogens (tertiary/aromatic N) is 4. The van der Waals surface area contributed by atoms with E-state index >= 15 is 0 Å². The maximum Gasteiger partial charge on any atom is 0.433 e. The first-order valence-corrected chi connectivity index (χ1v) is 10.6. The first kappa shape index (κ1) is 23.5. The van der Waals surface area contributed by atoms with Crippen LogP contribution < -0.4 is 4.90 Å². The van der Waals surface area contributed by atoms with Crippen LogP contribution in [0.4, 0.5) is 23.8 Å². The van der Waals surface area contributed by atoms with Gasteiger partial charge in [0.15, 0.2) is 0 Å². The molecule has 1 N–H and O–H groups in total. The van der Waals surface area contributed by atoms with E-state index in [9.17, 15) is 18.0 Å². The molecule has 7 nitrogen and oxygen atoms in total. The molecule has 0 atom stereocenters. The van der Waals surface area contributed by atoms with Gasteiger partial charge in [0.1, 0.15) is 17.2 Å². The Morgan fingerprint density at radius 2 is 1.85 bits per heavy atom. The predicted octanol–water partition coefficient (Wildman–Crippen LogP) is 5.78. The minimum atomic E-state index is -4.54. The third kappa shape index (κ3) is 5.28. The number of carbonyl (C=O) groups excluding carboxylic acids is 1. The first-order valence-electron chi connectivity index (χ1n) is 10.3. The predicted molar refractivity (Wildman–Crippen MR) is 121 cm³/mol. The highest BCUT2D eigenvalue weighted by Crippen LogP contribution is 2.28. The molecular weight excluding hydrogens is 471 g/mol. The minimum absolute atomic E-state index is 0.0526. The number of aromatic amines is 1. The molecule has 0 radical (unpaired) electrons. The van der Waals surface area contributed by atoms with Gasteiger partial charge in [-0.05, 0) is 41.8 Å². The molecule has 0 aliphatic carbocycles. The Morgan fingerprint density at radius 3 is 2.50 bits per heavy atom. The highest BCUT2D eigenvalue weighted by atomic mass is 35.5. The van der Waals surface area contributed by atoms with E-state index in [0.29, 0.717) is 22.8 Å². The van der Waals surface area contributed by atoms with Crippen molar-refractivity contribution in [2.45, 2.75) is 26.1 Å². The molecule has 0 aliphatic heterocycles. The quantitative estimate of drug-likeness (QED) is 0.371. The molecule has 0 unspecified atom stereocenters. The fourth-order valence-electron chi connectivity index (χ4n) is 3.39. The first-order chi connectivity index (χ1) is 16.2. The number of aromatic nitrogens is 4. The molecule has 0 aromatic carbocycles. The monoisotopic (exact) mass is 489 g/mol. The molecule has 0 fully saturated rings. The molecule has 4 aromatic heterocycles. The van der Waals surface area contributed by atoms with E-state index in [4.69, 9.17) is 16.3 Å². The maximum atomic E-state index is 12.8. The summed E-state index contributed by atoms with van der Waals surface area (Å²) < 4.78 is 43.5. The van der Waals surface area contributed by atoms with Crippen molar-refractivity contribution in [1.29, 1.82) is 0 Å². The summed E-state index contributed by atoms with van der Waals surface area (Å²) in [5.41, 5.74) is 1.98. The van der Waals surface area contributed by atoms with Crippen molar-refractivity contribution in [3.63, 3.8) is 0 Å². The van der Waals surface area contributed by atoms with Gasteiger partial charge in [-0.15, -0.1) is 0 Å². The summed E-state index contributed by atoms with van der Waals surface area (Å²) in [6, 6.07) is 7.45. The van der Waals surface area contributed by atoms with Crippen LogP contribution in [0.25, 0.3) is 11.0 Å². The Kier molecular flexibility index (Phi) is 6.69. The number of hydrogen-bond acceptors (Lipinski definition) is 5. The summed E-state index contributed by atoms with van der Waals surface area (Å²) in [6.07, 6.45) is 1.48. The summed E-state index contributed by atoms with van der Waals surface area (Å²) in [5.74, 6) is 0.297. The van der Waals surface area contributed by atoms with Crippen LogP contribution in [0.1, 0.15) is 29.3 Å². The zero-order valence-electron chi connectivity index (χ0n) is 17.9. The Bertz CT molecular complexity index is 1290. The molecule has 0 saturated carbocycles. The number of nitrogens with one attached hydrogen (secondary N) is 1. The molecule has 176 valence electrons. The number of hydrogen-bond donors (Lipinski definition) is 1. The summed E-state index contributed by atoms with van der Waals surface area (Å²) in [7, 11) is 0. The van der Waals surface area contributed by atoms with E-state index in [-0.39, 0.29) is 13.2 Å². The summed E-state index contributed by atoms with van der Waals surface area (Å²) in [5, 5.41) is 1.43. The van der Waals surface area contributed by atoms with Gasteiger partial charge in [-0.2, -0.15) is 13.2 Å². The lowest BCUT2D eigenvalue weighted by atomic mass is 10.1. The number of pyridine rings is 3. The van der Waals surface area contributed by atoms with Crippen LogP contribution in [0.5, 0.6) is 0 Å². The lowest BCUT2D eigenvalue weighted by Crippen LogP contribution is -2.32. The van der Waals surface area contributed by atoms with Crippen molar-refractivity contribution in [2.24, 2.45) is 0 Å². The fraction of sp³-hybridized carbons (Fsp3) is 0.217.